The Balaban J connectivity index is 1.50. The minimum Gasteiger partial charge on any atom is -0.497 e. The van der Waals surface area contributed by atoms with Crippen LogP contribution in [-0.2, 0) is 25.8 Å². The molecule has 0 unspecified atom stereocenters. The third-order valence-electron chi connectivity index (χ3n) is 5.69. The normalized spacial score (nSPS) is 13.2. The number of ether oxygens (including phenoxy) is 1. The molecular formula is C25H25N3OS. The number of anilines is 1. The minimum absolute atomic E-state index is 0.728. The number of nitrogens with one attached hydrogen (secondary N) is 1. The molecule has 0 saturated heterocycles. The highest BCUT2D eigenvalue weighted by Crippen LogP contribution is 2.39. The molecule has 1 N–H and O–H groups in total. The summed E-state index contributed by atoms with van der Waals surface area (Å²) in [5.41, 5.74) is 3.90. The lowest BCUT2D eigenvalue weighted by Gasteiger charge is -2.14. The second-order valence-corrected chi connectivity index (χ2v) is 8.83. The number of hydrogen-bond donors (Lipinski definition) is 1. The van der Waals surface area contributed by atoms with Gasteiger partial charge in [-0.2, -0.15) is 0 Å². The van der Waals surface area contributed by atoms with Crippen molar-refractivity contribution in [3.63, 3.8) is 0 Å². The van der Waals surface area contributed by atoms with Crippen molar-refractivity contribution in [3.05, 3.63) is 82.0 Å². The summed E-state index contributed by atoms with van der Waals surface area (Å²) >= 11 is 1.86. The molecule has 1 aliphatic carbocycles. The summed E-state index contributed by atoms with van der Waals surface area (Å²) in [5, 5.41) is 4.85. The topological polar surface area (TPSA) is 47.0 Å². The van der Waals surface area contributed by atoms with Gasteiger partial charge in [0.25, 0.3) is 0 Å². The summed E-state index contributed by atoms with van der Waals surface area (Å²) < 4.78 is 5.27. The molecule has 4 aromatic rings. The van der Waals surface area contributed by atoms with Gasteiger partial charge >= 0.3 is 0 Å². The zero-order chi connectivity index (χ0) is 20.3. The fraction of sp³-hybridized carbons (Fsp3) is 0.280. The first kappa shape index (κ1) is 19.1. The average molecular weight is 416 g/mol. The van der Waals surface area contributed by atoms with Crippen molar-refractivity contribution in [2.75, 3.05) is 12.4 Å². The van der Waals surface area contributed by atoms with E-state index < -0.39 is 0 Å². The zero-order valence-corrected chi connectivity index (χ0v) is 18.0. The van der Waals surface area contributed by atoms with Crippen molar-refractivity contribution in [2.45, 2.75) is 38.6 Å². The Bertz CT molecular complexity index is 1150. The SMILES string of the molecule is COc1ccc(CNc2nc(Cc3ccccc3)nc3sc4c(c23)CCCC4)cc1. The molecular weight excluding hydrogens is 390 g/mol. The molecule has 0 spiro atoms. The van der Waals surface area contributed by atoms with Crippen LogP contribution in [0.3, 0.4) is 0 Å². The number of aryl methyl sites for hydroxylation is 2. The van der Waals surface area contributed by atoms with Gasteiger partial charge in [0, 0.05) is 17.8 Å². The highest BCUT2D eigenvalue weighted by Gasteiger charge is 2.21. The van der Waals surface area contributed by atoms with Crippen molar-refractivity contribution < 1.29 is 4.74 Å². The molecule has 0 saturated carbocycles. The maximum Gasteiger partial charge on any atom is 0.139 e. The molecule has 0 fully saturated rings. The van der Waals surface area contributed by atoms with Gasteiger partial charge in [0.2, 0.25) is 0 Å². The Morgan fingerprint density at radius 3 is 2.53 bits per heavy atom. The lowest BCUT2D eigenvalue weighted by Crippen LogP contribution is -2.07. The fourth-order valence-electron chi connectivity index (χ4n) is 4.12. The van der Waals surface area contributed by atoms with E-state index in [2.05, 4.69) is 41.7 Å². The molecule has 30 heavy (non-hydrogen) atoms. The number of benzene rings is 2. The highest BCUT2D eigenvalue weighted by atomic mass is 32.1. The van der Waals surface area contributed by atoms with Crippen LogP contribution in [0.2, 0.25) is 0 Å². The maximum atomic E-state index is 5.27. The van der Waals surface area contributed by atoms with E-state index in [1.54, 1.807) is 7.11 Å². The minimum atomic E-state index is 0.728. The molecule has 0 amide bonds. The van der Waals surface area contributed by atoms with E-state index in [4.69, 9.17) is 14.7 Å². The number of rotatable bonds is 6. The van der Waals surface area contributed by atoms with Gasteiger partial charge in [0.05, 0.1) is 12.5 Å². The predicted octanol–water partition coefficient (Wildman–Crippen LogP) is 5.78. The molecule has 4 nitrogen and oxygen atoms in total. The molecule has 2 aromatic heterocycles. The number of fused-ring (bicyclic) bond motifs is 3. The van der Waals surface area contributed by atoms with E-state index in [9.17, 15) is 0 Å². The average Bonchev–Trinajstić information content (AvgIpc) is 3.17. The molecule has 2 heterocycles. The van der Waals surface area contributed by atoms with E-state index >= 15 is 0 Å². The Morgan fingerprint density at radius 1 is 0.933 bits per heavy atom. The standard InChI is InChI=1S/C25H25N3OS/c1-29-19-13-11-18(12-14-19)16-26-24-23-20-9-5-6-10-21(20)30-25(23)28-22(27-24)15-17-7-3-2-4-8-17/h2-4,7-8,11-14H,5-6,9-10,15-16H2,1H3,(H,26,27,28). The molecule has 2 aromatic carbocycles. The zero-order valence-electron chi connectivity index (χ0n) is 17.1. The lowest BCUT2D eigenvalue weighted by molar-refractivity contribution is 0.414. The quantitative estimate of drug-likeness (QED) is 0.433. The Labute approximate surface area is 181 Å². The summed E-state index contributed by atoms with van der Waals surface area (Å²) in [6.45, 7) is 0.728. The van der Waals surface area contributed by atoms with Gasteiger partial charge in [0.15, 0.2) is 0 Å². The van der Waals surface area contributed by atoms with Crippen molar-refractivity contribution in [3.8, 4) is 5.75 Å². The van der Waals surface area contributed by atoms with Gasteiger partial charge in [-0.15, -0.1) is 11.3 Å². The van der Waals surface area contributed by atoms with Crippen molar-refractivity contribution in [2.24, 2.45) is 0 Å². The van der Waals surface area contributed by atoms with E-state index in [1.165, 1.54) is 46.2 Å². The van der Waals surface area contributed by atoms with Gasteiger partial charge < -0.3 is 10.1 Å². The van der Waals surface area contributed by atoms with Crippen LogP contribution in [0.4, 0.5) is 5.82 Å². The maximum absolute atomic E-state index is 5.27. The predicted molar refractivity (Wildman–Crippen MR) is 124 cm³/mol. The lowest BCUT2D eigenvalue weighted by atomic mass is 9.97. The van der Waals surface area contributed by atoms with Crippen LogP contribution in [0.5, 0.6) is 5.75 Å². The Morgan fingerprint density at radius 2 is 1.73 bits per heavy atom. The third kappa shape index (κ3) is 3.90. The molecule has 1 aliphatic rings. The number of nitrogens with zero attached hydrogens (tertiary/aromatic N) is 2. The fourth-order valence-corrected chi connectivity index (χ4v) is 5.40. The smallest absolute Gasteiger partial charge is 0.139 e. The number of methoxy groups -OCH3 is 1. The second-order valence-electron chi connectivity index (χ2n) is 7.74. The van der Waals surface area contributed by atoms with Gasteiger partial charge in [0.1, 0.15) is 22.2 Å². The van der Waals surface area contributed by atoms with Gasteiger partial charge in [-0.1, -0.05) is 42.5 Å². The number of thiophene rings is 1. The number of hydrogen-bond acceptors (Lipinski definition) is 5. The Kier molecular flexibility index (Phi) is 5.37. The summed E-state index contributed by atoms with van der Waals surface area (Å²) in [6.07, 6.45) is 5.58. The summed E-state index contributed by atoms with van der Waals surface area (Å²) in [6, 6.07) is 18.6. The molecule has 5 rings (SSSR count). The summed E-state index contributed by atoms with van der Waals surface area (Å²) in [7, 11) is 1.69. The first-order chi connectivity index (χ1) is 14.8. The molecule has 0 bridgehead atoms. The van der Waals surface area contributed by atoms with E-state index in [1.807, 2.05) is 29.5 Å². The second kappa shape index (κ2) is 8.44. The Hall–Kier alpha value is -2.92. The highest BCUT2D eigenvalue weighted by molar-refractivity contribution is 7.19. The number of aromatic nitrogens is 2. The van der Waals surface area contributed by atoms with Crippen molar-refractivity contribution >= 4 is 27.4 Å². The van der Waals surface area contributed by atoms with Gasteiger partial charge in [-0.25, -0.2) is 9.97 Å². The van der Waals surface area contributed by atoms with Gasteiger partial charge in [-0.05, 0) is 54.5 Å². The van der Waals surface area contributed by atoms with E-state index in [-0.39, 0.29) is 0 Å². The molecule has 0 aliphatic heterocycles. The third-order valence-corrected chi connectivity index (χ3v) is 6.87. The van der Waals surface area contributed by atoms with E-state index in [0.717, 1.165) is 41.6 Å². The molecule has 5 heteroatoms. The molecule has 152 valence electrons. The molecule has 0 radical (unpaired) electrons. The summed E-state index contributed by atoms with van der Waals surface area (Å²) in [4.78, 5) is 12.6. The monoisotopic (exact) mass is 415 g/mol. The first-order valence-electron chi connectivity index (χ1n) is 10.5. The van der Waals surface area contributed by atoms with Crippen LogP contribution >= 0.6 is 11.3 Å². The largest absolute Gasteiger partial charge is 0.497 e. The van der Waals surface area contributed by atoms with Crippen molar-refractivity contribution in [1.29, 1.82) is 0 Å². The van der Waals surface area contributed by atoms with Crippen LogP contribution in [0.1, 0.15) is 40.2 Å². The summed E-state index contributed by atoms with van der Waals surface area (Å²) in [5.74, 6) is 2.73. The van der Waals surface area contributed by atoms with E-state index in [0.29, 0.717) is 0 Å². The van der Waals surface area contributed by atoms with Gasteiger partial charge in [-0.3, -0.25) is 0 Å². The first-order valence-corrected chi connectivity index (χ1v) is 11.3. The van der Waals surface area contributed by atoms with Crippen LogP contribution in [0, 0.1) is 0 Å². The van der Waals surface area contributed by atoms with Crippen molar-refractivity contribution in [1.82, 2.24) is 9.97 Å². The van der Waals surface area contributed by atoms with Crippen LogP contribution < -0.4 is 10.1 Å². The van der Waals surface area contributed by atoms with Crippen LogP contribution in [0.25, 0.3) is 10.2 Å². The van der Waals surface area contributed by atoms with Crippen LogP contribution in [0.15, 0.2) is 54.6 Å². The molecule has 0 atom stereocenters. The van der Waals surface area contributed by atoms with Crippen LogP contribution in [-0.4, -0.2) is 17.1 Å².